The molecule has 0 spiro atoms. The van der Waals surface area contributed by atoms with E-state index in [9.17, 15) is 4.79 Å². The summed E-state index contributed by atoms with van der Waals surface area (Å²) in [6.45, 7) is 5.17. The molecule has 0 atom stereocenters. The van der Waals surface area contributed by atoms with Crippen molar-refractivity contribution in [1.82, 2.24) is 20.6 Å². The van der Waals surface area contributed by atoms with Crippen LogP contribution in [0.2, 0.25) is 0 Å². The van der Waals surface area contributed by atoms with E-state index in [1.807, 2.05) is 32.2 Å². The van der Waals surface area contributed by atoms with Gasteiger partial charge in [-0.25, -0.2) is 9.97 Å². The zero-order valence-corrected chi connectivity index (χ0v) is 15.6. The summed E-state index contributed by atoms with van der Waals surface area (Å²) in [5, 5.41) is 10.2. The van der Waals surface area contributed by atoms with Crippen molar-refractivity contribution < 1.29 is 4.79 Å². The van der Waals surface area contributed by atoms with Gasteiger partial charge < -0.3 is 16.0 Å². The Bertz CT molecular complexity index is 727. The van der Waals surface area contributed by atoms with Gasteiger partial charge in [0, 0.05) is 49.7 Å². The van der Waals surface area contributed by atoms with Crippen molar-refractivity contribution >= 4 is 29.0 Å². The topological polar surface area (TPSA) is 91.3 Å². The van der Waals surface area contributed by atoms with Gasteiger partial charge in [0.1, 0.15) is 5.82 Å². The average Bonchev–Trinajstić information content (AvgIpc) is 2.98. The monoisotopic (exact) mass is 360 g/mol. The van der Waals surface area contributed by atoms with Crippen LogP contribution in [-0.4, -0.2) is 42.0 Å². The summed E-state index contributed by atoms with van der Waals surface area (Å²) in [4.78, 5) is 25.9. The van der Waals surface area contributed by atoms with Crippen LogP contribution in [0.15, 0.2) is 29.4 Å². The molecule has 3 N–H and O–H groups in total. The zero-order valence-electron chi connectivity index (χ0n) is 14.8. The fourth-order valence-corrected chi connectivity index (χ4v) is 2.92. The molecule has 0 aliphatic rings. The Labute approximate surface area is 152 Å². The van der Waals surface area contributed by atoms with Crippen molar-refractivity contribution in [3.8, 4) is 0 Å². The number of nitrogens with one attached hydrogen (secondary N) is 3. The maximum atomic E-state index is 11.9. The van der Waals surface area contributed by atoms with Crippen molar-refractivity contribution in [2.24, 2.45) is 4.99 Å². The van der Waals surface area contributed by atoms with Gasteiger partial charge in [-0.1, -0.05) is 6.07 Å². The first kappa shape index (κ1) is 18.9. The average molecular weight is 360 g/mol. The van der Waals surface area contributed by atoms with Crippen LogP contribution < -0.4 is 16.0 Å². The summed E-state index contributed by atoms with van der Waals surface area (Å²) in [7, 11) is 1.71. The van der Waals surface area contributed by atoms with E-state index in [4.69, 9.17) is 0 Å². The van der Waals surface area contributed by atoms with Crippen molar-refractivity contribution in [2.45, 2.75) is 26.7 Å². The second-order valence-corrected chi connectivity index (χ2v) is 6.82. The fraction of sp³-hybridized carbons (Fsp3) is 0.412. The number of carbonyl (C=O) groups is 1. The van der Waals surface area contributed by atoms with Crippen LogP contribution in [0, 0.1) is 13.8 Å². The van der Waals surface area contributed by atoms with Gasteiger partial charge >= 0.3 is 0 Å². The van der Waals surface area contributed by atoms with Crippen LogP contribution in [0.4, 0.5) is 5.82 Å². The number of pyridine rings is 1. The molecular weight excluding hydrogens is 336 g/mol. The molecule has 0 aliphatic carbocycles. The minimum absolute atomic E-state index is 0.0840. The Balaban J connectivity index is 1.65. The molecule has 0 unspecified atom stereocenters. The molecule has 7 nitrogen and oxygen atoms in total. The van der Waals surface area contributed by atoms with Crippen LogP contribution in [0.5, 0.6) is 0 Å². The molecule has 8 heteroatoms. The van der Waals surface area contributed by atoms with Gasteiger partial charge in [-0.2, -0.15) is 0 Å². The van der Waals surface area contributed by atoms with Crippen molar-refractivity contribution in [1.29, 1.82) is 0 Å². The molecule has 25 heavy (non-hydrogen) atoms. The Kier molecular flexibility index (Phi) is 7.34. The van der Waals surface area contributed by atoms with Crippen molar-refractivity contribution in [3.05, 3.63) is 40.0 Å². The number of guanidine groups is 1. The molecule has 2 rings (SSSR count). The number of amides is 1. The van der Waals surface area contributed by atoms with Crippen LogP contribution in [0.1, 0.15) is 22.0 Å². The van der Waals surface area contributed by atoms with Gasteiger partial charge in [-0.15, -0.1) is 11.3 Å². The fourth-order valence-electron chi connectivity index (χ4n) is 2.14. The first-order valence-electron chi connectivity index (χ1n) is 8.16. The molecule has 2 aromatic rings. The molecule has 0 aliphatic heterocycles. The highest BCUT2D eigenvalue weighted by Gasteiger charge is 2.05. The normalized spacial score (nSPS) is 11.2. The van der Waals surface area contributed by atoms with Crippen molar-refractivity contribution in [2.75, 3.05) is 25.5 Å². The number of aliphatic imine (C=N–C) groups is 1. The number of aromatic nitrogens is 2. The molecule has 0 bridgehead atoms. The molecule has 1 amide bonds. The molecule has 0 radical (unpaired) electrons. The lowest BCUT2D eigenvalue weighted by atomic mass is 10.3. The highest BCUT2D eigenvalue weighted by Crippen LogP contribution is 2.10. The third-order valence-electron chi connectivity index (χ3n) is 3.32. The zero-order chi connectivity index (χ0) is 18.1. The number of anilines is 1. The highest BCUT2D eigenvalue weighted by molar-refractivity contribution is 7.11. The molecule has 0 saturated heterocycles. The first-order chi connectivity index (χ1) is 12.1. The van der Waals surface area contributed by atoms with E-state index >= 15 is 0 Å². The van der Waals surface area contributed by atoms with Crippen LogP contribution in [0.25, 0.3) is 0 Å². The van der Waals surface area contributed by atoms with Gasteiger partial charge in [0.05, 0.1) is 5.01 Å². The van der Waals surface area contributed by atoms with Gasteiger partial charge in [0.25, 0.3) is 0 Å². The highest BCUT2D eigenvalue weighted by atomic mass is 32.1. The number of thiazole rings is 1. The predicted molar refractivity (Wildman–Crippen MR) is 102 cm³/mol. The second-order valence-electron chi connectivity index (χ2n) is 5.50. The van der Waals surface area contributed by atoms with E-state index in [1.165, 1.54) is 4.88 Å². The molecule has 2 heterocycles. The van der Waals surface area contributed by atoms with E-state index in [0.717, 1.165) is 23.7 Å². The minimum atomic E-state index is -0.0840. The summed E-state index contributed by atoms with van der Waals surface area (Å²) in [6, 6.07) is 5.53. The molecule has 0 aromatic carbocycles. The number of hydrogen-bond donors (Lipinski definition) is 3. The lowest BCUT2D eigenvalue weighted by molar-refractivity contribution is -0.116. The molecular formula is C17H24N6OS. The minimum Gasteiger partial charge on any atom is -0.356 e. The largest absolute Gasteiger partial charge is 0.356 e. The van der Waals surface area contributed by atoms with Gasteiger partial charge in [0.15, 0.2) is 5.96 Å². The number of carbonyl (C=O) groups excluding carboxylic acids is 1. The lowest BCUT2D eigenvalue weighted by Gasteiger charge is -2.11. The summed E-state index contributed by atoms with van der Waals surface area (Å²) in [5.41, 5.74) is 0.871. The second kappa shape index (κ2) is 9.73. The van der Waals surface area contributed by atoms with Gasteiger partial charge in [-0.05, 0) is 26.0 Å². The van der Waals surface area contributed by atoms with Crippen LogP contribution in [-0.2, 0) is 11.2 Å². The van der Waals surface area contributed by atoms with E-state index < -0.39 is 0 Å². The van der Waals surface area contributed by atoms with E-state index in [2.05, 4.69) is 30.9 Å². The third-order valence-corrected chi connectivity index (χ3v) is 4.30. The smallest absolute Gasteiger partial charge is 0.227 e. The first-order valence-corrected chi connectivity index (χ1v) is 8.98. The third kappa shape index (κ3) is 6.88. The number of aryl methyl sites for hydroxylation is 2. The number of nitrogens with zero attached hydrogens (tertiary/aromatic N) is 3. The maximum Gasteiger partial charge on any atom is 0.227 e. The van der Waals surface area contributed by atoms with Crippen molar-refractivity contribution in [3.63, 3.8) is 0 Å². The van der Waals surface area contributed by atoms with Crippen LogP contribution >= 0.6 is 11.3 Å². The van der Waals surface area contributed by atoms with Gasteiger partial charge in [0.2, 0.25) is 5.91 Å². The molecule has 2 aromatic heterocycles. The van der Waals surface area contributed by atoms with E-state index in [1.54, 1.807) is 24.5 Å². The predicted octanol–water partition coefficient (Wildman–Crippen LogP) is 1.89. The number of hydrogen-bond acceptors (Lipinski definition) is 5. The summed E-state index contributed by atoms with van der Waals surface area (Å²) < 4.78 is 0. The van der Waals surface area contributed by atoms with E-state index in [-0.39, 0.29) is 5.91 Å². The Morgan fingerprint density at radius 2 is 2.04 bits per heavy atom. The Morgan fingerprint density at radius 3 is 2.72 bits per heavy atom. The van der Waals surface area contributed by atoms with Gasteiger partial charge in [-0.3, -0.25) is 9.79 Å². The summed E-state index contributed by atoms with van der Waals surface area (Å²) in [6.07, 6.45) is 3.06. The SMILES string of the molecule is CN=C(NCCC(=O)Nc1cccc(C)n1)NCCc1ncc(C)s1. The number of rotatable bonds is 7. The Hall–Kier alpha value is -2.48. The summed E-state index contributed by atoms with van der Waals surface area (Å²) >= 11 is 1.70. The summed E-state index contributed by atoms with van der Waals surface area (Å²) in [5.74, 6) is 1.17. The lowest BCUT2D eigenvalue weighted by Crippen LogP contribution is -2.39. The standard InChI is InChI=1S/C17H24N6OS/c1-12-5-4-6-14(22-12)23-15(24)7-9-19-17(18-3)20-10-8-16-21-11-13(2)25-16/h4-6,11H,7-10H2,1-3H3,(H2,18,19,20)(H,22,23,24). The Morgan fingerprint density at radius 1 is 1.24 bits per heavy atom. The van der Waals surface area contributed by atoms with Crippen LogP contribution in [0.3, 0.4) is 0 Å². The van der Waals surface area contributed by atoms with E-state index in [0.29, 0.717) is 24.7 Å². The quantitative estimate of drug-likeness (QED) is 0.518. The molecule has 0 saturated carbocycles. The maximum absolute atomic E-state index is 11.9. The molecule has 0 fully saturated rings. The molecule has 134 valence electrons.